The minimum absolute atomic E-state index is 0.00288. The van der Waals surface area contributed by atoms with Crippen LogP contribution in [0.2, 0.25) is 0 Å². The summed E-state index contributed by atoms with van der Waals surface area (Å²) in [5.41, 5.74) is 3.54. The van der Waals surface area contributed by atoms with Crippen molar-refractivity contribution in [3.8, 4) is 11.8 Å². The molecule has 2 saturated heterocycles. The highest BCUT2D eigenvalue weighted by atomic mass is 16.6. The van der Waals surface area contributed by atoms with E-state index in [2.05, 4.69) is 5.32 Å². The molecule has 10 heteroatoms. The average Bonchev–Trinajstić information content (AvgIpc) is 3.48. The highest BCUT2D eigenvalue weighted by Crippen LogP contribution is 2.33. The lowest BCUT2D eigenvalue weighted by molar-refractivity contribution is -0.384. The summed E-state index contributed by atoms with van der Waals surface area (Å²) in [7, 11) is 0. The first-order valence-corrected chi connectivity index (χ1v) is 11.7. The molecule has 0 saturated carbocycles. The monoisotopic (exact) mass is 479 g/mol. The second-order valence-corrected chi connectivity index (χ2v) is 8.71. The number of hydrogen-bond donors (Lipinski definition) is 1. The van der Waals surface area contributed by atoms with Crippen molar-refractivity contribution in [2.75, 3.05) is 44.4 Å². The van der Waals surface area contributed by atoms with E-state index in [1.54, 1.807) is 18.2 Å². The topological polar surface area (TPSA) is 123 Å². The molecule has 184 valence electrons. The first-order valence-electron chi connectivity index (χ1n) is 11.7. The van der Waals surface area contributed by atoms with Crippen molar-refractivity contribution in [1.29, 1.82) is 5.26 Å². The minimum atomic E-state index is -0.446. The fourth-order valence-corrected chi connectivity index (χ4v) is 4.61. The van der Waals surface area contributed by atoms with Crippen LogP contribution in [0.1, 0.15) is 29.8 Å². The van der Waals surface area contributed by atoms with Gasteiger partial charge in [0, 0.05) is 43.7 Å². The van der Waals surface area contributed by atoms with Gasteiger partial charge in [0.15, 0.2) is 0 Å². The Hall–Kier alpha value is -3.68. The SMILES string of the molecule is Cc1cc(/C=C(\C#N)C(=O)NCC2CCCO2)c(C)n1-c1ccc(N2CCOCC2)c([N+](=O)[O-])c1. The Morgan fingerprint density at radius 3 is 2.71 bits per heavy atom. The van der Waals surface area contributed by atoms with Gasteiger partial charge >= 0.3 is 0 Å². The molecule has 0 aliphatic carbocycles. The van der Waals surface area contributed by atoms with Crippen LogP contribution in [0.25, 0.3) is 11.8 Å². The highest BCUT2D eigenvalue weighted by molar-refractivity contribution is 6.01. The van der Waals surface area contributed by atoms with Crippen LogP contribution in [-0.2, 0) is 14.3 Å². The number of rotatable bonds is 7. The molecule has 1 amide bonds. The van der Waals surface area contributed by atoms with Crippen LogP contribution in [0.15, 0.2) is 29.8 Å². The summed E-state index contributed by atoms with van der Waals surface area (Å²) >= 11 is 0. The lowest BCUT2D eigenvalue weighted by atomic mass is 10.1. The molecular formula is C25H29N5O5. The molecular weight excluding hydrogens is 450 g/mol. The molecule has 1 atom stereocenters. The second kappa shape index (κ2) is 10.7. The van der Waals surface area contributed by atoms with Crippen LogP contribution < -0.4 is 10.2 Å². The van der Waals surface area contributed by atoms with Crippen LogP contribution in [0.4, 0.5) is 11.4 Å². The quantitative estimate of drug-likeness (QED) is 0.280. The number of anilines is 1. The first-order chi connectivity index (χ1) is 16.9. The van der Waals surface area contributed by atoms with Crippen molar-refractivity contribution in [3.63, 3.8) is 0 Å². The van der Waals surface area contributed by atoms with E-state index >= 15 is 0 Å². The number of ether oxygens (including phenoxy) is 2. The molecule has 1 N–H and O–H groups in total. The van der Waals surface area contributed by atoms with Gasteiger partial charge in [-0.1, -0.05) is 0 Å². The second-order valence-electron chi connectivity index (χ2n) is 8.71. The maximum Gasteiger partial charge on any atom is 0.294 e. The summed E-state index contributed by atoms with van der Waals surface area (Å²) in [5.74, 6) is -0.446. The van der Waals surface area contributed by atoms with Gasteiger partial charge in [-0.05, 0) is 56.5 Å². The van der Waals surface area contributed by atoms with Crippen molar-refractivity contribution in [3.05, 3.63) is 56.9 Å². The molecule has 1 unspecified atom stereocenters. The van der Waals surface area contributed by atoms with Gasteiger partial charge in [-0.25, -0.2) is 0 Å². The van der Waals surface area contributed by atoms with Gasteiger partial charge in [0.05, 0.1) is 29.9 Å². The third-order valence-corrected chi connectivity index (χ3v) is 6.42. The van der Waals surface area contributed by atoms with E-state index < -0.39 is 5.91 Å². The van der Waals surface area contributed by atoms with Crippen molar-refractivity contribution >= 4 is 23.4 Å². The number of hydrogen-bond acceptors (Lipinski definition) is 7. The summed E-state index contributed by atoms with van der Waals surface area (Å²) in [6, 6.07) is 9.04. The van der Waals surface area contributed by atoms with Gasteiger partial charge in [0.1, 0.15) is 17.3 Å². The van der Waals surface area contributed by atoms with Crippen LogP contribution in [0.5, 0.6) is 0 Å². The number of carbonyl (C=O) groups is 1. The van der Waals surface area contributed by atoms with Crippen LogP contribution >= 0.6 is 0 Å². The first kappa shape index (κ1) is 24.4. The summed E-state index contributed by atoms with van der Waals surface area (Å²) in [5, 5.41) is 24.2. The van der Waals surface area contributed by atoms with Gasteiger partial charge in [0.2, 0.25) is 0 Å². The fraction of sp³-hybridized carbons (Fsp3) is 0.440. The maximum absolute atomic E-state index is 12.6. The van der Waals surface area contributed by atoms with Crippen molar-refractivity contribution < 1.29 is 19.2 Å². The Balaban J connectivity index is 1.61. The summed E-state index contributed by atoms with van der Waals surface area (Å²) < 4.78 is 12.8. The van der Waals surface area contributed by atoms with E-state index in [1.807, 2.05) is 41.5 Å². The van der Waals surface area contributed by atoms with E-state index in [4.69, 9.17) is 9.47 Å². The molecule has 0 spiro atoms. The lowest BCUT2D eigenvalue weighted by Crippen LogP contribution is -2.36. The van der Waals surface area contributed by atoms with Gasteiger partial charge in [-0.2, -0.15) is 5.26 Å². The number of nitrogens with zero attached hydrogens (tertiary/aromatic N) is 4. The molecule has 35 heavy (non-hydrogen) atoms. The summed E-state index contributed by atoms with van der Waals surface area (Å²) in [4.78, 5) is 26.0. The molecule has 2 aliphatic heterocycles. The Labute approximate surface area is 203 Å². The Morgan fingerprint density at radius 1 is 1.29 bits per heavy atom. The van der Waals surface area contributed by atoms with E-state index in [1.165, 1.54) is 0 Å². The molecule has 1 aromatic heterocycles. The largest absolute Gasteiger partial charge is 0.378 e. The number of nitriles is 1. The van der Waals surface area contributed by atoms with E-state index in [9.17, 15) is 20.2 Å². The number of carbonyl (C=O) groups excluding carboxylic acids is 1. The van der Waals surface area contributed by atoms with E-state index in [0.29, 0.717) is 56.4 Å². The summed E-state index contributed by atoms with van der Waals surface area (Å²) in [6.45, 7) is 7.08. The molecule has 3 heterocycles. The normalized spacial score (nSPS) is 18.4. The number of amides is 1. The Kier molecular flexibility index (Phi) is 7.48. The Morgan fingerprint density at radius 2 is 2.06 bits per heavy atom. The predicted octanol–water partition coefficient (Wildman–Crippen LogP) is 3.04. The number of aryl methyl sites for hydroxylation is 1. The number of nitro groups is 1. The average molecular weight is 480 g/mol. The maximum atomic E-state index is 12.6. The van der Waals surface area contributed by atoms with Crippen molar-refractivity contribution in [2.24, 2.45) is 0 Å². The van der Waals surface area contributed by atoms with Gasteiger partial charge in [0.25, 0.3) is 11.6 Å². The van der Waals surface area contributed by atoms with Crippen LogP contribution in [0, 0.1) is 35.3 Å². The van der Waals surface area contributed by atoms with E-state index in [-0.39, 0.29) is 22.3 Å². The molecule has 2 aromatic rings. The zero-order chi connectivity index (χ0) is 24.9. The van der Waals surface area contributed by atoms with Crippen molar-refractivity contribution in [1.82, 2.24) is 9.88 Å². The fourth-order valence-electron chi connectivity index (χ4n) is 4.61. The molecule has 2 aliphatic rings. The van der Waals surface area contributed by atoms with Crippen molar-refractivity contribution in [2.45, 2.75) is 32.8 Å². The molecule has 0 bridgehead atoms. The minimum Gasteiger partial charge on any atom is -0.378 e. The smallest absolute Gasteiger partial charge is 0.294 e. The molecule has 10 nitrogen and oxygen atoms in total. The third kappa shape index (κ3) is 5.37. The van der Waals surface area contributed by atoms with Crippen LogP contribution in [-0.4, -0.2) is 61.0 Å². The Bertz CT molecular complexity index is 1180. The molecule has 1 aromatic carbocycles. The zero-order valence-electron chi connectivity index (χ0n) is 20.0. The standard InChI is InChI=1S/C25H29N5O5/c1-17-12-19(13-20(15-26)25(31)27-16-22-4-3-9-35-22)18(2)29(17)21-5-6-23(24(14-21)30(32)33)28-7-10-34-11-8-28/h5-6,12-14,22H,3-4,7-11,16H2,1-2H3,(H,27,31)/b20-13+. The van der Waals surface area contributed by atoms with E-state index in [0.717, 1.165) is 24.2 Å². The zero-order valence-corrected chi connectivity index (χ0v) is 20.0. The van der Waals surface area contributed by atoms with Gasteiger partial charge < -0.3 is 24.3 Å². The van der Waals surface area contributed by atoms with Gasteiger partial charge in [-0.3, -0.25) is 14.9 Å². The number of nitrogens with one attached hydrogen (secondary N) is 1. The number of nitro benzene ring substituents is 1. The number of benzene rings is 1. The van der Waals surface area contributed by atoms with Gasteiger partial charge in [-0.15, -0.1) is 0 Å². The third-order valence-electron chi connectivity index (χ3n) is 6.42. The molecule has 0 radical (unpaired) electrons. The molecule has 4 rings (SSSR count). The molecule has 2 fully saturated rings. The highest BCUT2D eigenvalue weighted by Gasteiger charge is 2.23. The summed E-state index contributed by atoms with van der Waals surface area (Å²) in [6.07, 6.45) is 3.41. The lowest BCUT2D eigenvalue weighted by Gasteiger charge is -2.28. The van der Waals surface area contributed by atoms with Crippen LogP contribution in [0.3, 0.4) is 0 Å². The number of morpholine rings is 1. The number of aromatic nitrogens is 1. The predicted molar refractivity (Wildman–Crippen MR) is 131 cm³/mol.